The Morgan fingerprint density at radius 1 is 1.00 bits per heavy atom. The SMILES string of the molecule is Nc1cccc2nc(Cl)nc(CCOc3ccccc3Cl)c12. The van der Waals surface area contributed by atoms with Crippen LogP contribution in [0.25, 0.3) is 10.9 Å². The highest BCUT2D eigenvalue weighted by Crippen LogP contribution is 2.26. The second-order valence-corrected chi connectivity index (χ2v) is 5.45. The minimum absolute atomic E-state index is 0.200. The highest BCUT2D eigenvalue weighted by atomic mass is 35.5. The Hall–Kier alpha value is -2.04. The van der Waals surface area contributed by atoms with Crippen molar-refractivity contribution in [1.29, 1.82) is 0 Å². The molecule has 0 bridgehead atoms. The molecule has 0 aliphatic heterocycles. The van der Waals surface area contributed by atoms with E-state index in [1.807, 2.05) is 36.4 Å². The summed E-state index contributed by atoms with van der Waals surface area (Å²) in [7, 11) is 0. The average Bonchev–Trinajstić information content (AvgIpc) is 2.49. The van der Waals surface area contributed by atoms with Gasteiger partial charge in [-0.3, -0.25) is 0 Å². The second kappa shape index (κ2) is 6.38. The van der Waals surface area contributed by atoms with Crippen LogP contribution >= 0.6 is 23.2 Å². The highest BCUT2D eigenvalue weighted by Gasteiger charge is 2.10. The minimum Gasteiger partial charge on any atom is -0.492 e. The summed E-state index contributed by atoms with van der Waals surface area (Å²) in [5.74, 6) is 0.640. The smallest absolute Gasteiger partial charge is 0.223 e. The average molecular weight is 334 g/mol. The number of nitrogens with two attached hydrogens (primary N) is 1. The first-order valence-electron chi connectivity index (χ1n) is 6.73. The fourth-order valence-corrected chi connectivity index (χ4v) is 2.64. The summed E-state index contributed by atoms with van der Waals surface area (Å²) in [5.41, 5.74) is 8.15. The number of para-hydroxylation sites is 1. The molecule has 0 amide bonds. The van der Waals surface area contributed by atoms with E-state index >= 15 is 0 Å². The number of rotatable bonds is 4. The van der Waals surface area contributed by atoms with E-state index in [-0.39, 0.29) is 5.28 Å². The van der Waals surface area contributed by atoms with Gasteiger partial charge in [0.05, 0.1) is 22.8 Å². The summed E-state index contributed by atoms with van der Waals surface area (Å²) in [6, 6.07) is 12.8. The lowest BCUT2D eigenvalue weighted by Gasteiger charge is -2.10. The van der Waals surface area contributed by atoms with Crippen LogP contribution in [0, 0.1) is 0 Å². The number of hydrogen-bond acceptors (Lipinski definition) is 4. The molecule has 2 aromatic carbocycles. The number of halogens is 2. The molecule has 1 aromatic heterocycles. The predicted octanol–water partition coefficient (Wildman–Crippen LogP) is 4.14. The number of ether oxygens (including phenoxy) is 1. The Labute approximate surface area is 137 Å². The van der Waals surface area contributed by atoms with Gasteiger partial charge in [0.1, 0.15) is 5.75 Å². The molecule has 2 N–H and O–H groups in total. The Bertz CT molecular complexity index is 824. The maximum absolute atomic E-state index is 6.06. The van der Waals surface area contributed by atoms with Crippen molar-refractivity contribution >= 4 is 39.8 Å². The van der Waals surface area contributed by atoms with Crippen molar-refractivity contribution in [2.75, 3.05) is 12.3 Å². The summed E-state index contributed by atoms with van der Waals surface area (Å²) in [4.78, 5) is 8.47. The standard InChI is InChI=1S/C16H13Cl2N3O/c17-10-4-1-2-7-14(10)22-9-8-13-15-11(19)5-3-6-12(15)20-16(18)21-13/h1-7H,8-9,19H2. The van der Waals surface area contributed by atoms with E-state index in [0.29, 0.717) is 29.5 Å². The van der Waals surface area contributed by atoms with Gasteiger partial charge in [-0.2, -0.15) is 0 Å². The van der Waals surface area contributed by atoms with E-state index in [1.54, 1.807) is 6.07 Å². The van der Waals surface area contributed by atoms with Gasteiger partial charge in [-0.25, -0.2) is 9.97 Å². The van der Waals surface area contributed by atoms with Crippen LogP contribution in [0.3, 0.4) is 0 Å². The van der Waals surface area contributed by atoms with Crippen LogP contribution in [0.2, 0.25) is 10.3 Å². The van der Waals surface area contributed by atoms with Gasteiger partial charge >= 0.3 is 0 Å². The number of nitrogen functional groups attached to an aromatic ring is 1. The third kappa shape index (κ3) is 3.08. The zero-order valence-electron chi connectivity index (χ0n) is 11.6. The molecule has 6 heteroatoms. The van der Waals surface area contributed by atoms with Crippen LogP contribution in [0.4, 0.5) is 5.69 Å². The van der Waals surface area contributed by atoms with Crippen LogP contribution < -0.4 is 10.5 Å². The zero-order valence-corrected chi connectivity index (χ0v) is 13.1. The fraction of sp³-hybridized carbons (Fsp3) is 0.125. The molecule has 112 valence electrons. The van der Waals surface area contributed by atoms with Crippen molar-refractivity contribution in [3.63, 3.8) is 0 Å². The molecule has 1 heterocycles. The molecule has 22 heavy (non-hydrogen) atoms. The molecule has 3 rings (SSSR count). The first kappa shape index (κ1) is 14.9. The number of nitrogens with zero attached hydrogens (tertiary/aromatic N) is 2. The van der Waals surface area contributed by atoms with Crippen LogP contribution in [0.5, 0.6) is 5.75 Å². The van der Waals surface area contributed by atoms with Gasteiger partial charge in [-0.1, -0.05) is 29.8 Å². The number of aromatic nitrogens is 2. The third-order valence-electron chi connectivity index (χ3n) is 3.24. The van der Waals surface area contributed by atoms with E-state index in [0.717, 1.165) is 16.6 Å². The van der Waals surface area contributed by atoms with Gasteiger partial charge in [0.15, 0.2) is 0 Å². The summed E-state index contributed by atoms with van der Waals surface area (Å²) in [5, 5.41) is 1.59. The third-order valence-corrected chi connectivity index (χ3v) is 3.72. The van der Waals surface area contributed by atoms with Gasteiger partial charge in [0, 0.05) is 17.5 Å². The van der Waals surface area contributed by atoms with Crippen molar-refractivity contribution in [2.45, 2.75) is 6.42 Å². The van der Waals surface area contributed by atoms with Gasteiger partial charge < -0.3 is 10.5 Å². The fourth-order valence-electron chi connectivity index (χ4n) is 2.26. The normalized spacial score (nSPS) is 10.8. The van der Waals surface area contributed by atoms with E-state index in [1.165, 1.54) is 0 Å². The topological polar surface area (TPSA) is 61.0 Å². The largest absolute Gasteiger partial charge is 0.492 e. The molecule has 0 radical (unpaired) electrons. The number of benzene rings is 2. The van der Waals surface area contributed by atoms with Crippen molar-refractivity contribution in [3.05, 3.63) is 58.5 Å². The summed E-state index contributed by atoms with van der Waals surface area (Å²) < 4.78 is 5.69. The van der Waals surface area contributed by atoms with Gasteiger partial charge in [0.2, 0.25) is 5.28 Å². The summed E-state index contributed by atoms with van der Waals surface area (Å²) in [6.07, 6.45) is 0.554. The molecule has 0 spiro atoms. The first-order chi connectivity index (χ1) is 10.6. The Balaban J connectivity index is 1.84. The van der Waals surface area contributed by atoms with Gasteiger partial charge in [-0.05, 0) is 35.9 Å². The van der Waals surface area contributed by atoms with Crippen molar-refractivity contribution < 1.29 is 4.74 Å². The maximum atomic E-state index is 6.06. The lowest BCUT2D eigenvalue weighted by atomic mass is 10.1. The lowest BCUT2D eigenvalue weighted by Crippen LogP contribution is -2.06. The molecule has 0 aliphatic carbocycles. The molecule has 0 saturated carbocycles. The van der Waals surface area contributed by atoms with Crippen LogP contribution in [0.15, 0.2) is 42.5 Å². The van der Waals surface area contributed by atoms with E-state index in [2.05, 4.69) is 9.97 Å². The van der Waals surface area contributed by atoms with E-state index in [9.17, 15) is 0 Å². The van der Waals surface area contributed by atoms with Gasteiger partial charge in [0.25, 0.3) is 0 Å². The molecular formula is C16H13Cl2N3O. The van der Waals surface area contributed by atoms with Crippen LogP contribution in [-0.2, 0) is 6.42 Å². The number of anilines is 1. The molecule has 0 atom stereocenters. The van der Waals surface area contributed by atoms with Crippen molar-refractivity contribution in [3.8, 4) is 5.75 Å². The number of hydrogen-bond donors (Lipinski definition) is 1. The van der Waals surface area contributed by atoms with Crippen molar-refractivity contribution in [1.82, 2.24) is 9.97 Å². The molecule has 3 aromatic rings. The molecule has 0 saturated heterocycles. The summed E-state index contributed by atoms with van der Waals surface area (Å²) in [6.45, 7) is 0.417. The zero-order chi connectivity index (χ0) is 15.5. The Morgan fingerprint density at radius 3 is 2.64 bits per heavy atom. The predicted molar refractivity (Wildman–Crippen MR) is 89.6 cm³/mol. The molecule has 0 unspecified atom stereocenters. The Morgan fingerprint density at radius 2 is 1.82 bits per heavy atom. The first-order valence-corrected chi connectivity index (χ1v) is 7.48. The van der Waals surface area contributed by atoms with Gasteiger partial charge in [-0.15, -0.1) is 0 Å². The molecule has 0 fully saturated rings. The quantitative estimate of drug-likeness (QED) is 0.575. The van der Waals surface area contributed by atoms with Crippen LogP contribution in [-0.4, -0.2) is 16.6 Å². The lowest BCUT2D eigenvalue weighted by molar-refractivity contribution is 0.321. The molecular weight excluding hydrogens is 321 g/mol. The minimum atomic E-state index is 0.200. The monoisotopic (exact) mass is 333 g/mol. The van der Waals surface area contributed by atoms with E-state index < -0.39 is 0 Å². The Kier molecular flexibility index (Phi) is 4.32. The maximum Gasteiger partial charge on any atom is 0.223 e. The highest BCUT2D eigenvalue weighted by molar-refractivity contribution is 6.32. The summed E-state index contributed by atoms with van der Waals surface area (Å²) >= 11 is 12.0. The van der Waals surface area contributed by atoms with E-state index in [4.69, 9.17) is 33.7 Å². The second-order valence-electron chi connectivity index (χ2n) is 4.71. The molecule has 4 nitrogen and oxygen atoms in total. The number of fused-ring (bicyclic) bond motifs is 1. The van der Waals surface area contributed by atoms with Crippen LogP contribution in [0.1, 0.15) is 5.69 Å². The molecule has 0 aliphatic rings. The van der Waals surface area contributed by atoms with Crippen molar-refractivity contribution in [2.24, 2.45) is 0 Å².